The predicted molar refractivity (Wildman–Crippen MR) is 110 cm³/mol. The third kappa shape index (κ3) is 4.89. The van der Waals surface area contributed by atoms with Crippen molar-refractivity contribution in [2.45, 2.75) is 25.2 Å². The topological polar surface area (TPSA) is 44.7 Å². The van der Waals surface area contributed by atoms with Crippen LogP contribution in [0.5, 0.6) is 0 Å². The maximum absolute atomic E-state index is 13.4. The van der Waals surface area contributed by atoms with E-state index in [1.807, 2.05) is 0 Å². The number of nitrogens with one attached hydrogen (secondary N) is 1. The van der Waals surface area contributed by atoms with Crippen molar-refractivity contribution < 1.29 is 31.1 Å². The maximum atomic E-state index is 13.4. The molecule has 2 aromatic carbocycles. The average molecular weight is 467 g/mol. The number of halogens is 6. The second-order valence-electron chi connectivity index (χ2n) is 7.94. The van der Waals surface area contributed by atoms with E-state index in [4.69, 9.17) is 0 Å². The van der Waals surface area contributed by atoms with Gasteiger partial charge in [0.05, 0.1) is 22.7 Å². The number of hydrogen-bond donors (Lipinski definition) is 1. The molecule has 4 rings (SSSR count). The van der Waals surface area contributed by atoms with E-state index >= 15 is 0 Å². The number of carbonyl (C=O) groups is 1. The molecule has 1 amide bonds. The van der Waals surface area contributed by atoms with E-state index in [-0.39, 0.29) is 18.1 Å². The highest BCUT2D eigenvalue weighted by molar-refractivity contribution is 5.99. The number of rotatable bonds is 3. The zero-order valence-corrected chi connectivity index (χ0v) is 17.1. The number of alkyl halides is 6. The molecule has 0 spiro atoms. The van der Waals surface area contributed by atoms with Gasteiger partial charge in [-0.25, -0.2) is 5.01 Å². The van der Waals surface area contributed by atoms with Crippen LogP contribution in [0.4, 0.5) is 32.0 Å². The first-order valence-corrected chi connectivity index (χ1v) is 10.2. The van der Waals surface area contributed by atoms with Crippen molar-refractivity contribution in [2.24, 2.45) is 16.9 Å². The molecule has 2 aliphatic heterocycles. The number of nitrogens with zero attached hydrogens (tertiary/aromatic N) is 2. The SMILES string of the molecule is O=C1C2C(=CC=NN1c1ccccc1)NCCC2Cc1cc(C(F)(F)F)cc(C(F)(F)F)c1. The van der Waals surface area contributed by atoms with Crippen molar-refractivity contribution in [2.75, 3.05) is 11.6 Å². The Bertz CT molecular complexity index is 1060. The van der Waals surface area contributed by atoms with Gasteiger partial charge in [0.25, 0.3) is 5.91 Å². The Balaban J connectivity index is 1.69. The van der Waals surface area contributed by atoms with Gasteiger partial charge in [0.2, 0.25) is 0 Å². The van der Waals surface area contributed by atoms with Crippen molar-refractivity contribution in [3.63, 3.8) is 0 Å². The van der Waals surface area contributed by atoms with Crippen molar-refractivity contribution in [1.82, 2.24) is 5.32 Å². The summed E-state index contributed by atoms with van der Waals surface area (Å²) >= 11 is 0. The second-order valence-corrected chi connectivity index (χ2v) is 7.94. The van der Waals surface area contributed by atoms with Gasteiger partial charge in [0.1, 0.15) is 0 Å². The summed E-state index contributed by atoms with van der Waals surface area (Å²) in [5, 5.41) is 8.50. The molecule has 2 aliphatic rings. The molecule has 0 saturated carbocycles. The standard InChI is InChI=1S/C23H19F6N3O/c24-22(25,26)16-11-14(12-17(13-16)23(27,28)29)10-15-6-8-30-19-7-9-31-32(21(33)20(15)19)18-4-2-1-3-5-18/h1-5,7,9,11-13,15,20,30H,6,8,10H2. The molecule has 10 heteroatoms. The van der Waals surface area contributed by atoms with E-state index in [0.717, 1.165) is 12.1 Å². The smallest absolute Gasteiger partial charge is 0.388 e. The van der Waals surface area contributed by atoms with Crippen LogP contribution in [-0.4, -0.2) is 18.7 Å². The predicted octanol–water partition coefficient (Wildman–Crippen LogP) is 5.41. The summed E-state index contributed by atoms with van der Waals surface area (Å²) in [5.74, 6) is -1.70. The molecule has 2 heterocycles. The number of allylic oxidation sites excluding steroid dienone is 1. The average Bonchev–Trinajstić information content (AvgIpc) is 2.92. The van der Waals surface area contributed by atoms with E-state index in [2.05, 4.69) is 10.4 Å². The van der Waals surface area contributed by atoms with Crippen LogP contribution in [-0.2, 0) is 23.6 Å². The quantitative estimate of drug-likeness (QED) is 0.614. The number of amides is 1. The Morgan fingerprint density at radius 1 is 0.970 bits per heavy atom. The van der Waals surface area contributed by atoms with E-state index in [1.165, 1.54) is 11.2 Å². The van der Waals surface area contributed by atoms with Gasteiger partial charge in [-0.1, -0.05) is 18.2 Å². The van der Waals surface area contributed by atoms with E-state index in [1.54, 1.807) is 36.4 Å². The Labute approximate surface area is 185 Å². The van der Waals surface area contributed by atoms with Crippen LogP contribution in [0.3, 0.4) is 0 Å². The normalized spacial score (nSPS) is 21.2. The number of anilines is 1. The summed E-state index contributed by atoms with van der Waals surface area (Å²) in [6, 6.07) is 10.2. The number of benzene rings is 2. The van der Waals surface area contributed by atoms with E-state index in [9.17, 15) is 31.1 Å². The van der Waals surface area contributed by atoms with Gasteiger partial charge in [-0.3, -0.25) is 4.79 Å². The van der Waals surface area contributed by atoms with Crippen LogP contribution in [0.15, 0.2) is 65.4 Å². The lowest BCUT2D eigenvalue weighted by Crippen LogP contribution is -2.44. The minimum Gasteiger partial charge on any atom is -0.388 e. The number of hydrazone groups is 1. The zero-order chi connectivity index (χ0) is 23.8. The molecule has 174 valence electrons. The molecule has 0 aromatic heterocycles. The second kappa shape index (κ2) is 8.57. The Kier molecular flexibility index (Phi) is 5.94. The van der Waals surface area contributed by atoms with Crippen LogP contribution in [0.1, 0.15) is 23.1 Å². The summed E-state index contributed by atoms with van der Waals surface area (Å²) in [6.07, 6.45) is -6.51. The highest BCUT2D eigenvalue weighted by Crippen LogP contribution is 2.39. The third-order valence-electron chi connectivity index (χ3n) is 5.71. The molecule has 1 N–H and O–H groups in total. The van der Waals surface area contributed by atoms with Gasteiger partial charge < -0.3 is 5.32 Å². The minimum absolute atomic E-state index is 0.110. The number of piperidine rings is 1. The number of para-hydroxylation sites is 1. The Hall–Kier alpha value is -3.30. The highest BCUT2D eigenvalue weighted by atomic mass is 19.4. The first kappa shape index (κ1) is 22.9. The molecule has 2 aromatic rings. The highest BCUT2D eigenvalue weighted by Gasteiger charge is 2.40. The van der Waals surface area contributed by atoms with Crippen LogP contribution in [0, 0.1) is 11.8 Å². The molecule has 0 aliphatic carbocycles. The fourth-order valence-corrected chi connectivity index (χ4v) is 4.22. The van der Waals surface area contributed by atoms with Crippen LogP contribution in [0.25, 0.3) is 0 Å². The molecule has 2 unspecified atom stereocenters. The van der Waals surface area contributed by atoms with Gasteiger partial charge in [-0.15, -0.1) is 0 Å². The van der Waals surface area contributed by atoms with E-state index < -0.39 is 41.2 Å². The number of hydrogen-bond acceptors (Lipinski definition) is 3. The molecular formula is C23H19F6N3O. The van der Waals surface area contributed by atoms with Crippen molar-refractivity contribution >= 4 is 17.8 Å². The Morgan fingerprint density at radius 2 is 1.61 bits per heavy atom. The maximum Gasteiger partial charge on any atom is 0.416 e. The third-order valence-corrected chi connectivity index (χ3v) is 5.71. The monoisotopic (exact) mass is 467 g/mol. The lowest BCUT2D eigenvalue weighted by atomic mass is 9.78. The minimum atomic E-state index is -4.93. The van der Waals surface area contributed by atoms with Crippen molar-refractivity contribution in [1.29, 1.82) is 0 Å². The number of fused-ring (bicyclic) bond motifs is 1. The molecule has 33 heavy (non-hydrogen) atoms. The van der Waals surface area contributed by atoms with Gasteiger partial charge in [-0.05, 0) is 60.7 Å². The molecule has 0 radical (unpaired) electrons. The largest absolute Gasteiger partial charge is 0.416 e. The molecule has 1 saturated heterocycles. The van der Waals surface area contributed by atoms with Crippen molar-refractivity contribution in [3.05, 3.63) is 77.0 Å². The van der Waals surface area contributed by atoms with Crippen LogP contribution < -0.4 is 10.3 Å². The van der Waals surface area contributed by atoms with E-state index in [0.29, 0.717) is 24.4 Å². The van der Waals surface area contributed by atoms with Gasteiger partial charge >= 0.3 is 12.4 Å². The molecule has 4 nitrogen and oxygen atoms in total. The molecule has 1 fully saturated rings. The summed E-state index contributed by atoms with van der Waals surface area (Å²) in [4.78, 5) is 13.4. The summed E-state index contributed by atoms with van der Waals surface area (Å²) in [6.45, 7) is 0.435. The summed E-state index contributed by atoms with van der Waals surface area (Å²) in [5.41, 5.74) is -1.79. The zero-order valence-electron chi connectivity index (χ0n) is 17.1. The van der Waals surface area contributed by atoms with Crippen LogP contribution >= 0.6 is 0 Å². The lowest BCUT2D eigenvalue weighted by molar-refractivity contribution is -0.143. The lowest BCUT2D eigenvalue weighted by Gasteiger charge is -2.35. The fourth-order valence-electron chi connectivity index (χ4n) is 4.22. The van der Waals surface area contributed by atoms with Crippen molar-refractivity contribution in [3.8, 4) is 0 Å². The first-order valence-electron chi connectivity index (χ1n) is 10.2. The molecule has 0 bridgehead atoms. The van der Waals surface area contributed by atoms with Crippen LogP contribution in [0.2, 0.25) is 0 Å². The summed E-state index contributed by atoms with van der Waals surface area (Å²) in [7, 11) is 0. The molecule has 2 atom stereocenters. The summed E-state index contributed by atoms with van der Waals surface area (Å²) < 4.78 is 79.6. The fraction of sp³-hybridized carbons (Fsp3) is 0.304. The van der Waals surface area contributed by atoms with Gasteiger partial charge in [0.15, 0.2) is 0 Å². The van der Waals surface area contributed by atoms with Gasteiger partial charge in [-0.2, -0.15) is 31.4 Å². The Morgan fingerprint density at radius 3 is 2.21 bits per heavy atom. The number of carbonyl (C=O) groups excluding carboxylic acids is 1. The van der Waals surface area contributed by atoms with Gasteiger partial charge in [0, 0.05) is 18.5 Å². The first-order chi connectivity index (χ1) is 15.5. The molecular weight excluding hydrogens is 448 g/mol.